The first-order valence-electron chi connectivity index (χ1n) is 7.93. The van der Waals surface area contributed by atoms with Crippen LogP contribution in [0, 0.1) is 5.92 Å². The average Bonchev–Trinajstić information content (AvgIpc) is 2.47. The van der Waals surface area contributed by atoms with Crippen molar-refractivity contribution in [3.05, 3.63) is 29.8 Å². The van der Waals surface area contributed by atoms with Crippen molar-refractivity contribution in [1.82, 2.24) is 10.2 Å². The highest BCUT2D eigenvalue weighted by molar-refractivity contribution is 5.33. The molecule has 0 bridgehead atoms. The molecule has 0 amide bonds. The van der Waals surface area contributed by atoms with E-state index >= 15 is 0 Å². The third-order valence-corrected chi connectivity index (χ3v) is 4.07. The molecule has 20 heavy (non-hydrogen) atoms. The van der Waals surface area contributed by atoms with Crippen LogP contribution in [-0.2, 0) is 6.54 Å². The third-order valence-electron chi connectivity index (χ3n) is 4.07. The molecule has 1 N–H and O–H groups in total. The van der Waals surface area contributed by atoms with E-state index in [4.69, 9.17) is 4.74 Å². The number of para-hydroxylation sites is 1. The zero-order chi connectivity index (χ0) is 14.2. The van der Waals surface area contributed by atoms with Gasteiger partial charge in [-0.1, -0.05) is 25.1 Å². The van der Waals surface area contributed by atoms with Gasteiger partial charge in [-0.25, -0.2) is 0 Å². The number of ether oxygens (including phenoxy) is 1. The van der Waals surface area contributed by atoms with Crippen LogP contribution in [0.5, 0.6) is 5.75 Å². The lowest BCUT2D eigenvalue weighted by Gasteiger charge is -2.30. The van der Waals surface area contributed by atoms with E-state index in [9.17, 15) is 0 Å². The minimum absolute atomic E-state index is 0.725. The second kappa shape index (κ2) is 8.28. The smallest absolute Gasteiger partial charge is 0.123 e. The van der Waals surface area contributed by atoms with Crippen LogP contribution in [0.3, 0.4) is 0 Å². The number of nitrogens with zero attached hydrogens (tertiary/aromatic N) is 1. The Hall–Kier alpha value is -1.06. The van der Waals surface area contributed by atoms with Crippen molar-refractivity contribution in [3.63, 3.8) is 0 Å². The largest absolute Gasteiger partial charge is 0.494 e. The predicted molar refractivity (Wildman–Crippen MR) is 84.2 cm³/mol. The molecule has 3 nitrogen and oxygen atoms in total. The van der Waals surface area contributed by atoms with Gasteiger partial charge in [-0.05, 0) is 44.8 Å². The van der Waals surface area contributed by atoms with E-state index < -0.39 is 0 Å². The Labute approximate surface area is 123 Å². The zero-order valence-electron chi connectivity index (χ0n) is 12.9. The number of hydrogen-bond donors (Lipinski definition) is 1. The molecular formula is C17H28N2O. The normalized spacial score (nSPS) is 17.3. The van der Waals surface area contributed by atoms with Crippen LogP contribution in [0.15, 0.2) is 24.3 Å². The van der Waals surface area contributed by atoms with E-state index in [1.807, 2.05) is 19.1 Å². The maximum Gasteiger partial charge on any atom is 0.123 e. The SMILES string of the molecule is CCOc1ccccc1CNCCN1CCC(C)CC1. The van der Waals surface area contributed by atoms with Gasteiger partial charge in [0.25, 0.3) is 0 Å². The second-order valence-electron chi connectivity index (χ2n) is 5.74. The fourth-order valence-electron chi connectivity index (χ4n) is 2.69. The number of hydrogen-bond acceptors (Lipinski definition) is 3. The molecule has 1 aromatic rings. The first-order valence-corrected chi connectivity index (χ1v) is 7.93. The van der Waals surface area contributed by atoms with Gasteiger partial charge in [-0.2, -0.15) is 0 Å². The van der Waals surface area contributed by atoms with Gasteiger partial charge in [0.15, 0.2) is 0 Å². The molecule has 1 heterocycles. The summed E-state index contributed by atoms with van der Waals surface area (Å²) < 4.78 is 5.65. The van der Waals surface area contributed by atoms with Crippen molar-refractivity contribution in [2.45, 2.75) is 33.2 Å². The van der Waals surface area contributed by atoms with Gasteiger partial charge in [-0.3, -0.25) is 0 Å². The van der Waals surface area contributed by atoms with Crippen LogP contribution in [0.2, 0.25) is 0 Å². The molecule has 1 saturated heterocycles. The molecule has 0 unspecified atom stereocenters. The van der Waals surface area contributed by atoms with E-state index in [1.165, 1.54) is 31.5 Å². The van der Waals surface area contributed by atoms with Crippen LogP contribution < -0.4 is 10.1 Å². The number of piperidine rings is 1. The van der Waals surface area contributed by atoms with Gasteiger partial charge in [0.2, 0.25) is 0 Å². The molecule has 1 aliphatic rings. The van der Waals surface area contributed by atoms with E-state index in [2.05, 4.69) is 29.3 Å². The molecule has 0 atom stereocenters. The summed E-state index contributed by atoms with van der Waals surface area (Å²) in [6.07, 6.45) is 2.71. The van der Waals surface area contributed by atoms with Gasteiger partial charge in [0.05, 0.1) is 6.61 Å². The minimum Gasteiger partial charge on any atom is -0.494 e. The monoisotopic (exact) mass is 276 g/mol. The van der Waals surface area contributed by atoms with Crippen LogP contribution in [-0.4, -0.2) is 37.7 Å². The number of rotatable bonds is 7. The minimum atomic E-state index is 0.725. The van der Waals surface area contributed by atoms with E-state index in [-0.39, 0.29) is 0 Å². The summed E-state index contributed by atoms with van der Waals surface area (Å²) in [5.74, 6) is 1.92. The fraction of sp³-hybridized carbons (Fsp3) is 0.647. The summed E-state index contributed by atoms with van der Waals surface area (Å²) in [6.45, 7) is 10.7. The Balaban J connectivity index is 1.68. The van der Waals surface area contributed by atoms with Crippen molar-refractivity contribution in [3.8, 4) is 5.75 Å². The lowest BCUT2D eigenvalue weighted by atomic mass is 9.99. The molecule has 1 aliphatic heterocycles. The molecule has 0 aromatic heterocycles. The Morgan fingerprint density at radius 2 is 2.00 bits per heavy atom. The molecule has 2 rings (SSSR count). The van der Waals surface area contributed by atoms with Crippen molar-refractivity contribution in [2.75, 3.05) is 32.8 Å². The maximum atomic E-state index is 5.65. The topological polar surface area (TPSA) is 24.5 Å². The number of benzene rings is 1. The van der Waals surface area contributed by atoms with Crippen LogP contribution in [0.25, 0.3) is 0 Å². The van der Waals surface area contributed by atoms with Crippen molar-refractivity contribution in [2.24, 2.45) is 5.92 Å². The number of likely N-dealkylation sites (tertiary alicyclic amines) is 1. The van der Waals surface area contributed by atoms with Crippen molar-refractivity contribution >= 4 is 0 Å². The molecule has 1 aromatic carbocycles. The summed E-state index contributed by atoms with van der Waals surface area (Å²) in [6, 6.07) is 8.29. The third kappa shape index (κ3) is 4.80. The average molecular weight is 276 g/mol. The number of nitrogens with one attached hydrogen (secondary N) is 1. The highest BCUT2D eigenvalue weighted by atomic mass is 16.5. The first kappa shape index (κ1) is 15.3. The maximum absolute atomic E-state index is 5.65. The van der Waals surface area contributed by atoms with Crippen LogP contribution in [0.1, 0.15) is 32.3 Å². The first-order chi connectivity index (χ1) is 9.79. The Morgan fingerprint density at radius 3 is 2.75 bits per heavy atom. The Bertz CT molecular complexity index is 386. The van der Waals surface area contributed by atoms with Gasteiger partial charge < -0.3 is 15.0 Å². The fourth-order valence-corrected chi connectivity index (χ4v) is 2.69. The molecule has 0 aliphatic carbocycles. The molecule has 0 spiro atoms. The van der Waals surface area contributed by atoms with Gasteiger partial charge in [0.1, 0.15) is 5.75 Å². The predicted octanol–water partition coefficient (Wildman–Crippen LogP) is 2.91. The highest BCUT2D eigenvalue weighted by Gasteiger charge is 2.14. The van der Waals surface area contributed by atoms with Crippen LogP contribution in [0.4, 0.5) is 0 Å². The standard InChI is InChI=1S/C17H28N2O/c1-3-20-17-7-5-4-6-16(17)14-18-10-13-19-11-8-15(2)9-12-19/h4-7,15,18H,3,8-14H2,1-2H3. The molecule has 0 saturated carbocycles. The molecule has 0 radical (unpaired) electrons. The summed E-state index contributed by atoms with van der Waals surface area (Å²) in [7, 11) is 0. The van der Waals surface area contributed by atoms with E-state index in [0.717, 1.165) is 37.9 Å². The lowest BCUT2D eigenvalue weighted by molar-refractivity contribution is 0.193. The van der Waals surface area contributed by atoms with Gasteiger partial charge >= 0.3 is 0 Å². The molecular weight excluding hydrogens is 248 g/mol. The summed E-state index contributed by atoms with van der Waals surface area (Å²) >= 11 is 0. The summed E-state index contributed by atoms with van der Waals surface area (Å²) in [5, 5.41) is 3.54. The van der Waals surface area contributed by atoms with Crippen molar-refractivity contribution < 1.29 is 4.74 Å². The lowest BCUT2D eigenvalue weighted by Crippen LogP contribution is -2.37. The highest BCUT2D eigenvalue weighted by Crippen LogP contribution is 2.17. The van der Waals surface area contributed by atoms with Crippen LogP contribution >= 0.6 is 0 Å². The zero-order valence-corrected chi connectivity index (χ0v) is 12.9. The van der Waals surface area contributed by atoms with E-state index in [1.54, 1.807) is 0 Å². The summed E-state index contributed by atoms with van der Waals surface area (Å²) in [5.41, 5.74) is 1.25. The van der Waals surface area contributed by atoms with Gasteiger partial charge in [0, 0.05) is 25.2 Å². The van der Waals surface area contributed by atoms with Gasteiger partial charge in [-0.15, -0.1) is 0 Å². The Kier molecular flexibility index (Phi) is 6.34. The molecule has 1 fully saturated rings. The quantitative estimate of drug-likeness (QED) is 0.775. The Morgan fingerprint density at radius 1 is 1.25 bits per heavy atom. The molecule has 3 heteroatoms. The second-order valence-corrected chi connectivity index (χ2v) is 5.74. The summed E-state index contributed by atoms with van der Waals surface area (Å²) in [4.78, 5) is 2.57. The van der Waals surface area contributed by atoms with Crippen molar-refractivity contribution in [1.29, 1.82) is 0 Å². The molecule has 112 valence electrons. The van der Waals surface area contributed by atoms with E-state index in [0.29, 0.717) is 0 Å².